The van der Waals surface area contributed by atoms with Crippen molar-refractivity contribution in [1.82, 2.24) is 4.98 Å². The Balaban J connectivity index is 1.65. The molecule has 1 aromatic carbocycles. The van der Waals surface area contributed by atoms with Gasteiger partial charge in [-0.25, -0.2) is 4.98 Å². The number of aromatic nitrogens is 1. The third-order valence-electron chi connectivity index (χ3n) is 3.07. The lowest BCUT2D eigenvalue weighted by molar-refractivity contribution is -0.110. The summed E-state index contributed by atoms with van der Waals surface area (Å²) in [6.45, 7) is 0. The number of oxime groups is 1. The van der Waals surface area contributed by atoms with Crippen LogP contribution in [0.25, 0.3) is 0 Å². The van der Waals surface area contributed by atoms with E-state index in [1.165, 1.54) is 6.20 Å². The van der Waals surface area contributed by atoms with Crippen LogP contribution in [0.3, 0.4) is 0 Å². The van der Waals surface area contributed by atoms with E-state index in [2.05, 4.69) is 15.5 Å². The summed E-state index contributed by atoms with van der Waals surface area (Å²) in [6, 6.07) is 12.9. The normalized spacial score (nSPS) is 17.0. The topological polar surface area (TPSA) is 63.6 Å². The molecule has 2 aromatic rings. The maximum atomic E-state index is 12.1. The fraction of sp³-hybridized carbons (Fsp3) is 0.133. The first-order valence-electron chi connectivity index (χ1n) is 6.43. The largest absolute Gasteiger partial charge is 0.387 e. The van der Waals surface area contributed by atoms with E-state index in [9.17, 15) is 4.79 Å². The first kappa shape index (κ1) is 13.6. The van der Waals surface area contributed by atoms with E-state index in [0.717, 1.165) is 5.56 Å². The number of hydrogen-bond donors (Lipinski definition) is 1. The molecule has 1 aliphatic rings. The molecule has 1 aliphatic heterocycles. The van der Waals surface area contributed by atoms with Gasteiger partial charge < -0.3 is 10.2 Å². The molecule has 0 radical (unpaired) electrons. The van der Waals surface area contributed by atoms with Crippen molar-refractivity contribution in [3.63, 3.8) is 0 Å². The van der Waals surface area contributed by atoms with Gasteiger partial charge in [-0.1, -0.05) is 47.1 Å². The molecule has 1 unspecified atom stereocenters. The van der Waals surface area contributed by atoms with Crippen molar-refractivity contribution in [2.45, 2.75) is 12.5 Å². The van der Waals surface area contributed by atoms with Crippen molar-refractivity contribution in [3.05, 3.63) is 59.2 Å². The quantitative estimate of drug-likeness (QED) is 0.947. The minimum atomic E-state index is -0.330. The second-order valence-electron chi connectivity index (χ2n) is 4.56. The molecule has 1 atom stereocenters. The van der Waals surface area contributed by atoms with E-state index in [1.54, 1.807) is 12.1 Å². The molecule has 5 nitrogen and oxygen atoms in total. The molecule has 0 saturated carbocycles. The van der Waals surface area contributed by atoms with Crippen molar-refractivity contribution in [1.29, 1.82) is 0 Å². The average Bonchev–Trinajstić information content (AvgIpc) is 2.98. The van der Waals surface area contributed by atoms with E-state index >= 15 is 0 Å². The van der Waals surface area contributed by atoms with Gasteiger partial charge in [0.15, 0.2) is 6.10 Å². The maximum Gasteiger partial charge on any atom is 0.274 e. The van der Waals surface area contributed by atoms with Crippen LogP contribution >= 0.6 is 11.6 Å². The minimum absolute atomic E-state index is 0.223. The number of pyridine rings is 1. The first-order chi connectivity index (χ1) is 10.2. The molecule has 0 fully saturated rings. The van der Waals surface area contributed by atoms with Crippen LogP contribution in [-0.4, -0.2) is 16.6 Å². The van der Waals surface area contributed by atoms with E-state index < -0.39 is 0 Å². The summed E-state index contributed by atoms with van der Waals surface area (Å²) >= 11 is 5.84. The standard InChI is InChI=1S/C15H12ClN3O2/c16-11-6-7-17-14(8-11)18-15(20)12-9-13(21-19-12)10-4-2-1-3-5-10/h1-8,13H,9H2,(H,17,18,20). The average molecular weight is 302 g/mol. The summed E-state index contributed by atoms with van der Waals surface area (Å²) in [4.78, 5) is 21.4. The number of amides is 1. The lowest BCUT2D eigenvalue weighted by atomic mass is 10.0. The minimum Gasteiger partial charge on any atom is -0.387 e. The van der Waals surface area contributed by atoms with Crippen LogP contribution in [0.5, 0.6) is 0 Å². The van der Waals surface area contributed by atoms with Gasteiger partial charge >= 0.3 is 0 Å². The molecule has 0 aliphatic carbocycles. The van der Waals surface area contributed by atoms with Crippen LogP contribution in [0.1, 0.15) is 18.1 Å². The number of nitrogens with zero attached hydrogens (tertiary/aromatic N) is 2. The fourth-order valence-electron chi connectivity index (χ4n) is 2.02. The van der Waals surface area contributed by atoms with Gasteiger partial charge in [-0.2, -0.15) is 0 Å². The van der Waals surface area contributed by atoms with Gasteiger partial charge in [0, 0.05) is 17.6 Å². The van der Waals surface area contributed by atoms with E-state index in [-0.39, 0.29) is 12.0 Å². The van der Waals surface area contributed by atoms with Gasteiger partial charge in [0.2, 0.25) is 0 Å². The molecule has 6 heteroatoms. The fourth-order valence-corrected chi connectivity index (χ4v) is 2.18. The molecule has 21 heavy (non-hydrogen) atoms. The summed E-state index contributed by atoms with van der Waals surface area (Å²) in [5.41, 5.74) is 1.33. The third kappa shape index (κ3) is 3.20. The zero-order valence-corrected chi connectivity index (χ0v) is 11.7. The molecule has 2 heterocycles. The molecular formula is C15H12ClN3O2. The number of carbonyl (C=O) groups is 1. The highest BCUT2D eigenvalue weighted by atomic mass is 35.5. The van der Waals surface area contributed by atoms with Gasteiger partial charge in [-0.05, 0) is 17.7 Å². The smallest absolute Gasteiger partial charge is 0.274 e. The Morgan fingerprint density at radius 1 is 1.29 bits per heavy atom. The van der Waals surface area contributed by atoms with Gasteiger partial charge in [-0.15, -0.1) is 0 Å². The zero-order chi connectivity index (χ0) is 14.7. The van der Waals surface area contributed by atoms with Crippen LogP contribution in [0, 0.1) is 0 Å². The first-order valence-corrected chi connectivity index (χ1v) is 6.81. The van der Waals surface area contributed by atoms with Crippen LogP contribution in [0.2, 0.25) is 5.02 Å². The Labute approximate surface area is 126 Å². The Morgan fingerprint density at radius 2 is 2.10 bits per heavy atom. The SMILES string of the molecule is O=C(Nc1cc(Cl)ccn1)C1=NOC(c2ccccc2)C1. The number of hydrogen-bond acceptors (Lipinski definition) is 4. The summed E-state index contributed by atoms with van der Waals surface area (Å²) in [6.07, 6.45) is 1.73. The second kappa shape index (κ2) is 5.93. The third-order valence-corrected chi connectivity index (χ3v) is 3.30. The summed E-state index contributed by atoms with van der Waals surface area (Å²) < 4.78 is 0. The number of rotatable bonds is 3. The van der Waals surface area contributed by atoms with Crippen molar-refractivity contribution in [2.75, 3.05) is 5.32 Å². The lowest BCUT2D eigenvalue weighted by Gasteiger charge is -2.07. The summed E-state index contributed by atoms with van der Waals surface area (Å²) in [5, 5.41) is 7.01. The van der Waals surface area contributed by atoms with Crippen LogP contribution < -0.4 is 5.32 Å². The molecule has 0 bridgehead atoms. The molecule has 0 spiro atoms. The lowest BCUT2D eigenvalue weighted by Crippen LogP contribution is -2.22. The summed E-state index contributed by atoms with van der Waals surface area (Å²) in [5.74, 6) is 0.0570. The van der Waals surface area contributed by atoms with E-state index in [0.29, 0.717) is 23.0 Å². The van der Waals surface area contributed by atoms with Crippen LogP contribution in [-0.2, 0) is 9.63 Å². The zero-order valence-electron chi connectivity index (χ0n) is 11.0. The summed E-state index contributed by atoms with van der Waals surface area (Å²) in [7, 11) is 0. The van der Waals surface area contributed by atoms with Gasteiger partial charge in [0.05, 0.1) is 0 Å². The van der Waals surface area contributed by atoms with Gasteiger partial charge in [-0.3, -0.25) is 4.79 Å². The predicted molar refractivity (Wildman–Crippen MR) is 80.2 cm³/mol. The number of nitrogens with one attached hydrogen (secondary N) is 1. The van der Waals surface area contributed by atoms with Crippen molar-refractivity contribution in [2.24, 2.45) is 5.16 Å². The highest BCUT2D eigenvalue weighted by Gasteiger charge is 2.27. The van der Waals surface area contributed by atoms with Gasteiger partial charge in [0.25, 0.3) is 5.91 Å². The predicted octanol–water partition coefficient (Wildman–Crippen LogP) is 3.19. The van der Waals surface area contributed by atoms with Gasteiger partial charge in [0.1, 0.15) is 11.5 Å². The Morgan fingerprint density at radius 3 is 2.86 bits per heavy atom. The number of benzene rings is 1. The molecule has 1 N–H and O–H groups in total. The molecule has 1 aromatic heterocycles. The maximum absolute atomic E-state index is 12.1. The highest BCUT2D eigenvalue weighted by molar-refractivity contribution is 6.43. The Kier molecular flexibility index (Phi) is 3.83. The molecule has 1 amide bonds. The molecule has 3 rings (SSSR count). The Bertz CT molecular complexity index is 688. The van der Waals surface area contributed by atoms with Crippen LogP contribution in [0.15, 0.2) is 53.8 Å². The van der Waals surface area contributed by atoms with Crippen molar-refractivity contribution < 1.29 is 9.63 Å². The molecule has 0 saturated heterocycles. The number of anilines is 1. The number of halogens is 1. The highest BCUT2D eigenvalue weighted by Crippen LogP contribution is 2.27. The van der Waals surface area contributed by atoms with Crippen LogP contribution in [0.4, 0.5) is 5.82 Å². The van der Waals surface area contributed by atoms with E-state index in [1.807, 2.05) is 30.3 Å². The number of carbonyl (C=O) groups excluding carboxylic acids is 1. The van der Waals surface area contributed by atoms with Crippen molar-refractivity contribution in [3.8, 4) is 0 Å². The molecular weight excluding hydrogens is 290 g/mol. The van der Waals surface area contributed by atoms with Crippen molar-refractivity contribution >= 4 is 29.0 Å². The molecule has 106 valence electrons. The Hall–Kier alpha value is -2.40. The van der Waals surface area contributed by atoms with E-state index in [4.69, 9.17) is 16.4 Å². The monoisotopic (exact) mass is 301 g/mol. The second-order valence-corrected chi connectivity index (χ2v) is 5.00.